The van der Waals surface area contributed by atoms with Crippen molar-refractivity contribution in [2.75, 3.05) is 19.5 Å². The zero-order valence-corrected chi connectivity index (χ0v) is 14.7. The summed E-state index contributed by atoms with van der Waals surface area (Å²) in [4.78, 5) is 24.8. The Hall–Kier alpha value is -2.96. The zero-order valence-electron chi connectivity index (χ0n) is 14.7. The smallest absolute Gasteiger partial charge is 0.287 e. The monoisotopic (exact) mass is 346 g/mol. The van der Waals surface area contributed by atoms with Crippen molar-refractivity contribution in [1.29, 1.82) is 0 Å². The highest BCUT2D eigenvalue weighted by atomic mass is 16.5. The van der Waals surface area contributed by atoms with Crippen molar-refractivity contribution in [3.8, 4) is 11.5 Å². The van der Waals surface area contributed by atoms with Crippen molar-refractivity contribution >= 4 is 17.5 Å². The number of nitrogens with one attached hydrogen (secondary N) is 2. The van der Waals surface area contributed by atoms with Crippen LogP contribution in [-0.2, 0) is 4.79 Å². The molecule has 1 atom stereocenters. The van der Waals surface area contributed by atoms with Crippen LogP contribution in [0.15, 0.2) is 41.0 Å². The van der Waals surface area contributed by atoms with Gasteiger partial charge in [0.1, 0.15) is 17.5 Å². The topological polar surface area (TPSA) is 89.8 Å². The van der Waals surface area contributed by atoms with E-state index in [2.05, 4.69) is 10.6 Å². The Balaban J connectivity index is 2.17. The van der Waals surface area contributed by atoms with Gasteiger partial charge in [0, 0.05) is 6.07 Å². The van der Waals surface area contributed by atoms with Gasteiger partial charge in [0.25, 0.3) is 5.91 Å². The molecule has 1 heterocycles. The minimum Gasteiger partial charge on any atom is -0.497 e. The predicted molar refractivity (Wildman–Crippen MR) is 93.0 cm³/mol. The van der Waals surface area contributed by atoms with Crippen LogP contribution in [0.1, 0.15) is 24.4 Å². The number of methoxy groups -OCH3 is 2. The van der Waals surface area contributed by atoms with Crippen molar-refractivity contribution in [2.45, 2.75) is 19.9 Å². The first-order valence-electron chi connectivity index (χ1n) is 7.83. The van der Waals surface area contributed by atoms with Crippen LogP contribution in [0.4, 0.5) is 5.69 Å². The Morgan fingerprint density at radius 3 is 2.44 bits per heavy atom. The number of hydrogen-bond donors (Lipinski definition) is 2. The molecule has 7 heteroatoms. The highest BCUT2D eigenvalue weighted by molar-refractivity contribution is 6.01. The van der Waals surface area contributed by atoms with Crippen LogP contribution in [0.25, 0.3) is 0 Å². The van der Waals surface area contributed by atoms with E-state index < -0.39 is 11.9 Å². The van der Waals surface area contributed by atoms with Crippen LogP contribution < -0.4 is 20.1 Å². The van der Waals surface area contributed by atoms with E-state index in [0.29, 0.717) is 17.2 Å². The summed E-state index contributed by atoms with van der Waals surface area (Å²) in [5, 5.41) is 5.47. The Morgan fingerprint density at radius 1 is 1.12 bits per heavy atom. The molecule has 0 saturated heterocycles. The van der Waals surface area contributed by atoms with Crippen LogP contribution in [0.5, 0.6) is 11.5 Å². The summed E-state index contributed by atoms with van der Waals surface area (Å²) >= 11 is 0. The number of ether oxygens (including phenoxy) is 2. The van der Waals surface area contributed by atoms with E-state index in [9.17, 15) is 9.59 Å². The molecule has 2 N–H and O–H groups in total. The minimum atomic E-state index is -0.742. The van der Waals surface area contributed by atoms with Crippen molar-refractivity contribution in [2.24, 2.45) is 5.92 Å². The van der Waals surface area contributed by atoms with Gasteiger partial charge in [0.15, 0.2) is 5.76 Å². The molecule has 1 aromatic carbocycles. The first-order chi connectivity index (χ1) is 12.0. The molecule has 0 saturated carbocycles. The van der Waals surface area contributed by atoms with E-state index in [-0.39, 0.29) is 17.6 Å². The Morgan fingerprint density at radius 2 is 1.88 bits per heavy atom. The SMILES string of the molecule is COc1ccc(OC)c(NC(=O)C(NC(=O)c2ccco2)C(C)C)c1. The van der Waals surface area contributed by atoms with E-state index in [1.54, 1.807) is 24.3 Å². The molecule has 0 bridgehead atoms. The van der Waals surface area contributed by atoms with Crippen molar-refractivity contribution in [3.63, 3.8) is 0 Å². The fourth-order valence-corrected chi connectivity index (χ4v) is 2.28. The summed E-state index contributed by atoms with van der Waals surface area (Å²) < 4.78 is 15.5. The molecule has 1 unspecified atom stereocenters. The van der Waals surface area contributed by atoms with Gasteiger partial charge in [0.2, 0.25) is 5.91 Å². The van der Waals surface area contributed by atoms with Crippen molar-refractivity contribution in [1.82, 2.24) is 5.32 Å². The molecule has 2 rings (SSSR count). The van der Waals surface area contributed by atoms with Gasteiger partial charge in [-0.1, -0.05) is 13.8 Å². The normalized spacial score (nSPS) is 11.7. The van der Waals surface area contributed by atoms with Crippen LogP contribution >= 0.6 is 0 Å². The lowest BCUT2D eigenvalue weighted by Crippen LogP contribution is -2.47. The number of benzene rings is 1. The standard InChI is InChI=1S/C18H22N2O5/c1-11(2)16(20-17(21)15-6-5-9-25-15)18(22)19-13-10-12(23-3)7-8-14(13)24-4/h5-11,16H,1-4H3,(H,19,22)(H,20,21). The largest absolute Gasteiger partial charge is 0.497 e. The minimum absolute atomic E-state index is 0.129. The second-order valence-electron chi connectivity index (χ2n) is 5.73. The highest BCUT2D eigenvalue weighted by Gasteiger charge is 2.26. The van der Waals surface area contributed by atoms with Crippen LogP contribution in [-0.4, -0.2) is 32.1 Å². The molecule has 25 heavy (non-hydrogen) atoms. The summed E-state index contributed by atoms with van der Waals surface area (Å²) in [6, 6.07) is 7.49. The summed E-state index contributed by atoms with van der Waals surface area (Å²) in [5.41, 5.74) is 0.463. The van der Waals surface area contributed by atoms with Gasteiger partial charge in [0.05, 0.1) is 26.2 Å². The van der Waals surface area contributed by atoms with Gasteiger partial charge in [-0.05, 0) is 30.2 Å². The molecule has 0 aliphatic carbocycles. The number of rotatable bonds is 7. The molecule has 1 aromatic heterocycles. The fraction of sp³-hybridized carbons (Fsp3) is 0.333. The fourth-order valence-electron chi connectivity index (χ4n) is 2.28. The molecule has 2 amide bonds. The molecule has 0 spiro atoms. The van der Waals surface area contributed by atoms with Gasteiger partial charge in [-0.2, -0.15) is 0 Å². The predicted octanol–water partition coefficient (Wildman–Crippen LogP) is 2.69. The second-order valence-corrected chi connectivity index (χ2v) is 5.73. The molecular formula is C18H22N2O5. The third kappa shape index (κ3) is 4.53. The second kappa shape index (κ2) is 8.23. The number of hydrogen-bond acceptors (Lipinski definition) is 5. The molecule has 0 fully saturated rings. The Bertz CT molecular complexity index is 725. The van der Waals surface area contributed by atoms with E-state index in [4.69, 9.17) is 13.9 Å². The maximum absolute atomic E-state index is 12.7. The molecule has 0 radical (unpaired) electrons. The zero-order chi connectivity index (χ0) is 18.4. The summed E-state index contributed by atoms with van der Waals surface area (Å²) in [7, 11) is 3.05. The molecule has 0 aliphatic rings. The summed E-state index contributed by atoms with van der Waals surface area (Å²) in [6.07, 6.45) is 1.40. The third-order valence-electron chi connectivity index (χ3n) is 3.65. The van der Waals surface area contributed by atoms with Gasteiger partial charge < -0.3 is 24.5 Å². The van der Waals surface area contributed by atoms with Crippen molar-refractivity contribution < 1.29 is 23.5 Å². The van der Waals surface area contributed by atoms with Gasteiger partial charge >= 0.3 is 0 Å². The lowest BCUT2D eigenvalue weighted by atomic mass is 10.0. The third-order valence-corrected chi connectivity index (χ3v) is 3.65. The Kier molecular flexibility index (Phi) is 6.05. The lowest BCUT2D eigenvalue weighted by Gasteiger charge is -2.22. The van der Waals surface area contributed by atoms with Gasteiger partial charge in [-0.25, -0.2) is 0 Å². The quantitative estimate of drug-likeness (QED) is 0.804. The van der Waals surface area contributed by atoms with E-state index >= 15 is 0 Å². The Labute approximate surface area is 146 Å². The molecule has 0 aliphatic heterocycles. The van der Waals surface area contributed by atoms with E-state index in [0.717, 1.165) is 0 Å². The number of furan rings is 1. The average Bonchev–Trinajstić information content (AvgIpc) is 3.13. The van der Waals surface area contributed by atoms with Crippen LogP contribution in [0.2, 0.25) is 0 Å². The van der Waals surface area contributed by atoms with Crippen LogP contribution in [0, 0.1) is 5.92 Å². The maximum Gasteiger partial charge on any atom is 0.287 e. The van der Waals surface area contributed by atoms with Gasteiger partial charge in [-0.15, -0.1) is 0 Å². The van der Waals surface area contributed by atoms with E-state index in [1.807, 2.05) is 13.8 Å². The summed E-state index contributed by atoms with van der Waals surface area (Å²) in [6.45, 7) is 3.69. The number of amides is 2. The summed E-state index contributed by atoms with van der Waals surface area (Å²) in [5.74, 6) is 0.289. The van der Waals surface area contributed by atoms with E-state index in [1.165, 1.54) is 26.5 Å². The lowest BCUT2D eigenvalue weighted by molar-refractivity contribution is -0.118. The molecule has 2 aromatic rings. The first-order valence-corrected chi connectivity index (χ1v) is 7.83. The maximum atomic E-state index is 12.7. The number of carbonyl (C=O) groups is 2. The van der Waals surface area contributed by atoms with Gasteiger partial charge in [-0.3, -0.25) is 9.59 Å². The van der Waals surface area contributed by atoms with Crippen LogP contribution in [0.3, 0.4) is 0 Å². The average molecular weight is 346 g/mol. The molecule has 7 nitrogen and oxygen atoms in total. The molecular weight excluding hydrogens is 324 g/mol. The number of carbonyl (C=O) groups excluding carboxylic acids is 2. The number of anilines is 1. The molecule has 134 valence electrons. The highest BCUT2D eigenvalue weighted by Crippen LogP contribution is 2.29. The first kappa shape index (κ1) is 18.4. The van der Waals surface area contributed by atoms with Crippen molar-refractivity contribution in [3.05, 3.63) is 42.4 Å².